The van der Waals surface area contributed by atoms with Crippen LogP contribution in [0.25, 0.3) is 0 Å². The summed E-state index contributed by atoms with van der Waals surface area (Å²) in [6.07, 6.45) is 5.44. The fraction of sp³-hybridized carbons (Fsp3) is 0.733. The monoisotopic (exact) mass is 344 g/mol. The number of nitrogens with one attached hydrogen (secondary N) is 1. The van der Waals surface area contributed by atoms with Gasteiger partial charge in [-0.3, -0.25) is 0 Å². The van der Waals surface area contributed by atoms with E-state index < -0.39 is 0 Å². The van der Waals surface area contributed by atoms with Crippen molar-refractivity contribution in [2.75, 3.05) is 19.6 Å². The van der Waals surface area contributed by atoms with Crippen molar-refractivity contribution in [2.24, 2.45) is 0 Å². The molecule has 0 spiro atoms. The van der Waals surface area contributed by atoms with Gasteiger partial charge in [-0.2, -0.15) is 0 Å². The van der Waals surface area contributed by atoms with Gasteiger partial charge in [-0.15, -0.1) is 11.3 Å². The standard InChI is InChI=1S/C15H25BrN2S/c1-12-6-3-4-10-18(12)11-5-9-17-13(2)14-7-8-15(16)19-14/h7-8,12-13,17H,3-6,9-11H2,1-2H3. The first-order valence-electron chi connectivity index (χ1n) is 7.39. The molecule has 0 aliphatic carbocycles. The molecule has 1 aromatic heterocycles. The van der Waals surface area contributed by atoms with Gasteiger partial charge in [0.2, 0.25) is 0 Å². The van der Waals surface area contributed by atoms with Crippen LogP contribution in [0.15, 0.2) is 15.9 Å². The fourth-order valence-corrected chi connectivity index (χ4v) is 4.20. The number of likely N-dealkylation sites (tertiary alicyclic amines) is 1. The van der Waals surface area contributed by atoms with E-state index in [0.717, 1.165) is 12.6 Å². The minimum atomic E-state index is 0.468. The van der Waals surface area contributed by atoms with E-state index in [1.165, 1.54) is 47.4 Å². The molecule has 2 nitrogen and oxygen atoms in total. The van der Waals surface area contributed by atoms with E-state index in [1.54, 1.807) is 0 Å². The quantitative estimate of drug-likeness (QED) is 0.768. The zero-order valence-electron chi connectivity index (χ0n) is 12.0. The lowest BCUT2D eigenvalue weighted by Gasteiger charge is -2.33. The lowest BCUT2D eigenvalue weighted by molar-refractivity contribution is 0.158. The molecule has 2 heterocycles. The lowest BCUT2D eigenvalue weighted by atomic mass is 10.0. The Hall–Kier alpha value is 0.1000. The van der Waals surface area contributed by atoms with Gasteiger partial charge in [-0.1, -0.05) is 6.42 Å². The first-order valence-corrected chi connectivity index (χ1v) is 9.00. The molecular formula is C15H25BrN2S. The van der Waals surface area contributed by atoms with Gasteiger partial charge in [0, 0.05) is 17.0 Å². The van der Waals surface area contributed by atoms with Crippen LogP contribution in [0.5, 0.6) is 0 Å². The highest BCUT2D eigenvalue weighted by Crippen LogP contribution is 2.26. The summed E-state index contributed by atoms with van der Waals surface area (Å²) >= 11 is 5.35. The van der Waals surface area contributed by atoms with E-state index >= 15 is 0 Å². The summed E-state index contributed by atoms with van der Waals surface area (Å²) in [6.45, 7) is 8.28. The molecule has 108 valence electrons. The van der Waals surface area contributed by atoms with Crippen molar-refractivity contribution < 1.29 is 0 Å². The third kappa shape index (κ3) is 4.85. The molecule has 2 atom stereocenters. The number of hydrogen-bond donors (Lipinski definition) is 1. The highest BCUT2D eigenvalue weighted by molar-refractivity contribution is 9.11. The van der Waals surface area contributed by atoms with Crippen LogP contribution in [0.1, 0.15) is 50.4 Å². The number of thiophene rings is 1. The normalized spacial score (nSPS) is 22.6. The molecule has 0 bridgehead atoms. The van der Waals surface area contributed by atoms with E-state index in [1.807, 2.05) is 11.3 Å². The van der Waals surface area contributed by atoms with Crippen molar-refractivity contribution in [1.29, 1.82) is 0 Å². The summed E-state index contributed by atoms with van der Waals surface area (Å²) < 4.78 is 1.22. The molecule has 2 rings (SSSR count). The molecule has 19 heavy (non-hydrogen) atoms. The van der Waals surface area contributed by atoms with Crippen molar-refractivity contribution in [3.05, 3.63) is 20.8 Å². The molecule has 0 amide bonds. The van der Waals surface area contributed by atoms with E-state index in [9.17, 15) is 0 Å². The first kappa shape index (κ1) is 15.5. The molecule has 1 aliphatic rings. The molecular weight excluding hydrogens is 320 g/mol. The van der Waals surface area contributed by atoms with Gasteiger partial charge in [0.05, 0.1) is 3.79 Å². The third-order valence-corrected chi connectivity index (χ3v) is 5.84. The van der Waals surface area contributed by atoms with Crippen molar-refractivity contribution in [3.63, 3.8) is 0 Å². The molecule has 1 aromatic rings. The first-order chi connectivity index (χ1) is 9.16. The second-order valence-electron chi connectivity index (χ2n) is 5.55. The zero-order chi connectivity index (χ0) is 13.7. The topological polar surface area (TPSA) is 15.3 Å². The van der Waals surface area contributed by atoms with Gasteiger partial charge in [0.25, 0.3) is 0 Å². The summed E-state index contributed by atoms with van der Waals surface area (Å²) in [5, 5.41) is 3.63. The van der Waals surface area contributed by atoms with Crippen LogP contribution in [-0.4, -0.2) is 30.6 Å². The third-order valence-electron chi connectivity index (χ3n) is 4.03. The Balaban J connectivity index is 1.63. The van der Waals surface area contributed by atoms with E-state index in [-0.39, 0.29) is 0 Å². The average Bonchev–Trinajstić information content (AvgIpc) is 2.83. The molecule has 2 unspecified atom stereocenters. The van der Waals surface area contributed by atoms with E-state index in [4.69, 9.17) is 0 Å². The van der Waals surface area contributed by atoms with Crippen molar-refractivity contribution in [1.82, 2.24) is 10.2 Å². The highest BCUT2D eigenvalue weighted by Gasteiger charge is 2.17. The van der Waals surface area contributed by atoms with Gasteiger partial charge in [-0.25, -0.2) is 0 Å². The van der Waals surface area contributed by atoms with Crippen LogP contribution in [0.4, 0.5) is 0 Å². The zero-order valence-corrected chi connectivity index (χ0v) is 14.4. The van der Waals surface area contributed by atoms with Crippen LogP contribution < -0.4 is 5.32 Å². The lowest BCUT2D eigenvalue weighted by Crippen LogP contribution is -2.39. The number of halogens is 1. The predicted octanol–water partition coefficient (Wildman–Crippen LogP) is 4.43. The Labute approximate surface area is 129 Å². The maximum atomic E-state index is 3.63. The Bertz CT molecular complexity index is 380. The van der Waals surface area contributed by atoms with Crippen molar-refractivity contribution in [3.8, 4) is 0 Å². The molecule has 1 N–H and O–H groups in total. The summed E-state index contributed by atoms with van der Waals surface area (Å²) in [5.74, 6) is 0. The number of hydrogen-bond acceptors (Lipinski definition) is 3. The molecule has 4 heteroatoms. The molecule has 1 fully saturated rings. The SMILES string of the molecule is CC(NCCCN1CCCCC1C)c1ccc(Br)s1. The molecule has 1 aliphatic heterocycles. The van der Waals surface area contributed by atoms with Gasteiger partial charge < -0.3 is 10.2 Å². The summed E-state index contributed by atoms with van der Waals surface area (Å²) in [7, 11) is 0. The maximum absolute atomic E-state index is 3.63. The molecule has 1 saturated heterocycles. The Morgan fingerprint density at radius 1 is 1.47 bits per heavy atom. The Morgan fingerprint density at radius 3 is 3.00 bits per heavy atom. The van der Waals surface area contributed by atoms with E-state index in [2.05, 4.69) is 52.1 Å². The Kier molecular flexibility index (Phi) is 6.33. The summed E-state index contributed by atoms with van der Waals surface area (Å²) in [6, 6.07) is 5.60. The predicted molar refractivity (Wildman–Crippen MR) is 87.9 cm³/mol. The van der Waals surface area contributed by atoms with E-state index in [0.29, 0.717) is 6.04 Å². The van der Waals surface area contributed by atoms with Crippen LogP contribution >= 0.6 is 27.3 Å². The van der Waals surface area contributed by atoms with Gasteiger partial charge in [0.15, 0.2) is 0 Å². The molecule has 0 aromatic carbocycles. The minimum absolute atomic E-state index is 0.468. The number of rotatable bonds is 6. The van der Waals surface area contributed by atoms with Crippen molar-refractivity contribution in [2.45, 2.75) is 51.6 Å². The highest BCUT2D eigenvalue weighted by atomic mass is 79.9. The van der Waals surface area contributed by atoms with Gasteiger partial charge in [0.1, 0.15) is 0 Å². The number of piperidine rings is 1. The van der Waals surface area contributed by atoms with Crippen LogP contribution in [-0.2, 0) is 0 Å². The number of nitrogens with zero attached hydrogens (tertiary/aromatic N) is 1. The average molecular weight is 345 g/mol. The fourth-order valence-electron chi connectivity index (χ4n) is 2.75. The molecule has 0 saturated carbocycles. The van der Waals surface area contributed by atoms with Crippen molar-refractivity contribution >= 4 is 27.3 Å². The summed E-state index contributed by atoms with van der Waals surface area (Å²) in [5.41, 5.74) is 0. The van der Waals surface area contributed by atoms with Gasteiger partial charge >= 0.3 is 0 Å². The van der Waals surface area contributed by atoms with Crippen LogP contribution in [0.2, 0.25) is 0 Å². The second kappa shape index (κ2) is 7.77. The smallest absolute Gasteiger partial charge is 0.0701 e. The minimum Gasteiger partial charge on any atom is -0.309 e. The van der Waals surface area contributed by atoms with Crippen LogP contribution in [0, 0.1) is 0 Å². The Morgan fingerprint density at radius 2 is 2.32 bits per heavy atom. The summed E-state index contributed by atoms with van der Waals surface area (Å²) in [4.78, 5) is 4.07. The maximum Gasteiger partial charge on any atom is 0.0701 e. The van der Waals surface area contributed by atoms with Gasteiger partial charge in [-0.05, 0) is 80.8 Å². The molecule has 0 radical (unpaired) electrons. The second-order valence-corrected chi connectivity index (χ2v) is 8.05. The largest absolute Gasteiger partial charge is 0.309 e. The van der Waals surface area contributed by atoms with Crippen LogP contribution in [0.3, 0.4) is 0 Å².